The number of amides is 2. The van der Waals surface area contributed by atoms with Crippen molar-refractivity contribution in [3.8, 4) is 0 Å². The van der Waals surface area contributed by atoms with Crippen LogP contribution in [0.4, 0.5) is 13.2 Å². The minimum absolute atomic E-state index is 0.520. The Bertz CT molecular complexity index is 330. The van der Waals surface area contributed by atoms with Gasteiger partial charge in [0.25, 0.3) is 5.91 Å². The molecular formula is C7H7F3N2O3. The van der Waals surface area contributed by atoms with Crippen LogP contribution in [0.15, 0.2) is 0 Å². The molecule has 0 aliphatic carbocycles. The first kappa shape index (κ1) is 10.4. The van der Waals surface area contributed by atoms with Crippen LogP contribution in [-0.2, 0) is 14.4 Å². The summed E-state index contributed by atoms with van der Waals surface area (Å²) in [5.41, 5.74) is 0. The van der Waals surface area contributed by atoms with Crippen molar-refractivity contribution in [2.75, 3.05) is 7.05 Å². The predicted molar refractivity (Wildman–Crippen MR) is 39.1 cm³/mol. The van der Waals surface area contributed by atoms with Crippen LogP contribution in [0.3, 0.4) is 0 Å². The molecule has 0 aromatic heterocycles. The molecular weight excluding hydrogens is 217 g/mol. The second-order valence-corrected chi connectivity index (χ2v) is 3.44. The summed E-state index contributed by atoms with van der Waals surface area (Å²) >= 11 is 0. The maximum absolute atomic E-state index is 12.5. The smallest absolute Gasteiger partial charge is 0.294 e. The summed E-state index contributed by atoms with van der Waals surface area (Å²) in [7, 11) is 1.05. The van der Waals surface area contributed by atoms with Crippen molar-refractivity contribution in [3.63, 3.8) is 0 Å². The van der Waals surface area contributed by atoms with E-state index in [0.717, 1.165) is 7.05 Å². The molecule has 2 saturated heterocycles. The van der Waals surface area contributed by atoms with Gasteiger partial charge in [0.15, 0.2) is 6.10 Å². The van der Waals surface area contributed by atoms with E-state index in [9.17, 15) is 22.8 Å². The second kappa shape index (κ2) is 2.92. The van der Waals surface area contributed by atoms with Crippen molar-refractivity contribution in [1.82, 2.24) is 10.4 Å². The molecule has 84 valence electrons. The van der Waals surface area contributed by atoms with Gasteiger partial charge in [0.05, 0.1) is 0 Å². The van der Waals surface area contributed by atoms with Crippen molar-refractivity contribution < 1.29 is 27.6 Å². The van der Waals surface area contributed by atoms with Gasteiger partial charge in [-0.2, -0.15) is 18.2 Å². The fourth-order valence-electron chi connectivity index (χ4n) is 1.88. The first-order valence-electron chi connectivity index (χ1n) is 4.13. The molecule has 0 saturated carbocycles. The third kappa shape index (κ3) is 1.40. The molecule has 0 radical (unpaired) electrons. The van der Waals surface area contributed by atoms with E-state index in [1.807, 2.05) is 5.32 Å². The van der Waals surface area contributed by atoms with Gasteiger partial charge in [-0.15, -0.1) is 0 Å². The zero-order chi connectivity index (χ0) is 11.4. The normalized spacial score (nSPS) is 36.9. The highest BCUT2D eigenvalue weighted by Crippen LogP contribution is 2.39. The van der Waals surface area contributed by atoms with E-state index in [2.05, 4.69) is 4.84 Å². The van der Waals surface area contributed by atoms with Gasteiger partial charge in [-0.25, -0.2) is 0 Å². The monoisotopic (exact) mass is 224 g/mol. The van der Waals surface area contributed by atoms with Crippen molar-refractivity contribution in [3.05, 3.63) is 0 Å². The van der Waals surface area contributed by atoms with E-state index in [0.29, 0.717) is 5.06 Å². The molecule has 2 heterocycles. The van der Waals surface area contributed by atoms with E-state index in [4.69, 9.17) is 0 Å². The van der Waals surface area contributed by atoms with Crippen LogP contribution < -0.4 is 5.32 Å². The second-order valence-electron chi connectivity index (χ2n) is 3.44. The van der Waals surface area contributed by atoms with Crippen molar-refractivity contribution in [2.45, 2.75) is 18.3 Å². The van der Waals surface area contributed by atoms with Crippen LogP contribution >= 0.6 is 0 Å². The number of carbonyl (C=O) groups excluding carboxylic acids is 2. The highest BCUT2D eigenvalue weighted by molar-refractivity contribution is 6.07. The largest absolute Gasteiger partial charge is 0.407 e. The molecule has 2 aliphatic rings. The molecule has 0 unspecified atom stereocenters. The van der Waals surface area contributed by atoms with Gasteiger partial charge < -0.3 is 0 Å². The molecule has 5 nitrogen and oxygen atoms in total. The number of alkyl halides is 3. The predicted octanol–water partition coefficient (Wildman–Crippen LogP) is -0.565. The van der Waals surface area contributed by atoms with Crippen LogP contribution in [0.2, 0.25) is 0 Å². The SMILES string of the molecule is CN1O[C@@H]2C(=O)NC(=O)[C@@H]2[C@H]1C(F)(F)F. The fraction of sp³-hybridized carbons (Fsp3) is 0.714. The number of halogens is 3. The summed E-state index contributed by atoms with van der Waals surface area (Å²) in [5, 5.41) is 2.33. The third-order valence-corrected chi connectivity index (χ3v) is 2.48. The summed E-state index contributed by atoms with van der Waals surface area (Å²) in [5.74, 6) is -3.25. The fourth-order valence-corrected chi connectivity index (χ4v) is 1.88. The average Bonchev–Trinajstić information content (AvgIpc) is 2.51. The molecule has 3 atom stereocenters. The number of carbonyl (C=O) groups is 2. The van der Waals surface area contributed by atoms with Crippen LogP contribution in [0.5, 0.6) is 0 Å². The lowest BCUT2D eigenvalue weighted by Gasteiger charge is -2.22. The maximum atomic E-state index is 12.5. The Morgan fingerprint density at radius 3 is 2.47 bits per heavy atom. The summed E-state index contributed by atoms with van der Waals surface area (Å²) in [6.07, 6.45) is -5.95. The van der Waals surface area contributed by atoms with E-state index in [1.165, 1.54) is 0 Å². The first-order chi connectivity index (χ1) is 6.82. The summed E-state index contributed by atoms with van der Waals surface area (Å²) in [4.78, 5) is 26.9. The van der Waals surface area contributed by atoms with Gasteiger partial charge in [0.2, 0.25) is 5.91 Å². The number of hydrogen-bond donors (Lipinski definition) is 1. The highest BCUT2D eigenvalue weighted by atomic mass is 19.4. The topological polar surface area (TPSA) is 58.6 Å². The third-order valence-electron chi connectivity index (χ3n) is 2.48. The number of rotatable bonds is 0. The number of hydrogen-bond acceptors (Lipinski definition) is 4. The standard InChI is InChI=1S/C7H7F3N2O3/c1-12-4(7(8,9)10)2-3(15-12)6(14)11-5(2)13/h2-4H,1H3,(H,11,13,14)/t2-,3-,4-/m0/s1. The van der Waals surface area contributed by atoms with Gasteiger partial charge in [0, 0.05) is 7.05 Å². The maximum Gasteiger partial charge on any atom is 0.407 e. The lowest BCUT2D eigenvalue weighted by atomic mass is 9.97. The molecule has 0 bridgehead atoms. The molecule has 2 rings (SSSR count). The molecule has 0 aromatic carbocycles. The van der Waals surface area contributed by atoms with Gasteiger partial charge in [-0.05, 0) is 0 Å². The number of nitrogens with zero attached hydrogens (tertiary/aromatic N) is 1. The van der Waals surface area contributed by atoms with Crippen LogP contribution in [0, 0.1) is 5.92 Å². The number of imide groups is 1. The Balaban J connectivity index is 2.34. The van der Waals surface area contributed by atoms with E-state index in [1.54, 1.807) is 0 Å². The Morgan fingerprint density at radius 1 is 1.33 bits per heavy atom. The molecule has 2 amide bonds. The van der Waals surface area contributed by atoms with Crippen LogP contribution in [0.25, 0.3) is 0 Å². The van der Waals surface area contributed by atoms with Gasteiger partial charge in [-0.1, -0.05) is 0 Å². The zero-order valence-electron chi connectivity index (χ0n) is 7.54. The minimum atomic E-state index is -4.60. The lowest BCUT2D eigenvalue weighted by molar-refractivity contribution is -0.234. The number of nitrogens with one attached hydrogen (secondary N) is 1. The summed E-state index contributed by atoms with van der Waals surface area (Å²) < 4.78 is 37.6. The first-order valence-corrected chi connectivity index (χ1v) is 4.13. The Hall–Kier alpha value is -1.15. The zero-order valence-corrected chi connectivity index (χ0v) is 7.54. The molecule has 0 aromatic rings. The van der Waals surface area contributed by atoms with E-state index in [-0.39, 0.29) is 0 Å². The number of hydroxylamine groups is 2. The van der Waals surface area contributed by atoms with Gasteiger partial charge in [0.1, 0.15) is 12.0 Å². The quantitative estimate of drug-likeness (QED) is 0.560. The molecule has 2 fully saturated rings. The van der Waals surface area contributed by atoms with Crippen LogP contribution in [-0.4, -0.2) is 42.2 Å². The number of fused-ring (bicyclic) bond motifs is 1. The summed E-state index contributed by atoms with van der Waals surface area (Å²) in [6, 6.07) is -2.06. The summed E-state index contributed by atoms with van der Waals surface area (Å²) in [6.45, 7) is 0. The van der Waals surface area contributed by atoms with Gasteiger partial charge in [-0.3, -0.25) is 19.7 Å². The van der Waals surface area contributed by atoms with Crippen molar-refractivity contribution in [1.29, 1.82) is 0 Å². The van der Waals surface area contributed by atoms with E-state index < -0.39 is 36.1 Å². The Kier molecular flexibility index (Phi) is 2.02. The van der Waals surface area contributed by atoms with Crippen molar-refractivity contribution in [2.24, 2.45) is 5.92 Å². The molecule has 15 heavy (non-hydrogen) atoms. The molecule has 8 heteroatoms. The Morgan fingerprint density at radius 2 is 1.93 bits per heavy atom. The lowest BCUT2D eigenvalue weighted by Crippen LogP contribution is -2.46. The Labute approximate surface area is 82.1 Å². The van der Waals surface area contributed by atoms with Crippen molar-refractivity contribution >= 4 is 11.8 Å². The minimum Gasteiger partial charge on any atom is -0.294 e. The average molecular weight is 224 g/mol. The van der Waals surface area contributed by atoms with E-state index >= 15 is 0 Å². The molecule has 0 spiro atoms. The molecule has 2 aliphatic heterocycles. The van der Waals surface area contributed by atoms with Gasteiger partial charge >= 0.3 is 6.18 Å². The van der Waals surface area contributed by atoms with Crippen LogP contribution in [0.1, 0.15) is 0 Å². The highest BCUT2D eigenvalue weighted by Gasteiger charge is 2.63. The molecule has 1 N–H and O–H groups in total.